The van der Waals surface area contributed by atoms with Crippen LogP contribution in [0.15, 0.2) is 226 Å². The highest BCUT2D eigenvalue weighted by molar-refractivity contribution is 6.30. The number of pyridine rings is 4. The third kappa shape index (κ3) is 23.9. The van der Waals surface area contributed by atoms with Crippen LogP contribution in [0.2, 0.25) is 5.02 Å². The van der Waals surface area contributed by atoms with Crippen molar-refractivity contribution < 1.29 is 79.1 Å². The van der Waals surface area contributed by atoms with Gasteiger partial charge in [0.05, 0.1) is 109 Å². The van der Waals surface area contributed by atoms with Crippen LogP contribution in [0, 0.1) is 48.9 Å². The Hall–Kier alpha value is -15.4. The average Bonchev–Trinajstić information content (AvgIpc) is 1.61. The fourth-order valence-electron chi connectivity index (χ4n) is 16.0. The van der Waals surface area contributed by atoms with Crippen LogP contribution in [0.4, 0.5) is 62.8 Å². The number of hydrogen-bond donors (Lipinski definition) is 12. The Morgan fingerprint density at radius 2 is 0.877 bits per heavy atom. The van der Waals surface area contributed by atoms with Gasteiger partial charge in [-0.3, -0.25) is 28.5 Å². The van der Waals surface area contributed by atoms with Gasteiger partial charge in [0.15, 0.2) is 0 Å². The van der Waals surface area contributed by atoms with Crippen molar-refractivity contribution in [1.82, 2.24) is 80.1 Å². The van der Waals surface area contributed by atoms with Gasteiger partial charge >= 0.3 is 6.55 Å². The number of nitrogens with zero attached hydrogens (tertiary/aromatic N) is 12. The number of nitrogen functional groups attached to an aromatic ring is 4. The van der Waals surface area contributed by atoms with Crippen LogP contribution in [-0.2, 0) is 34.5 Å². The number of alkyl halides is 4. The lowest BCUT2D eigenvalue weighted by atomic mass is 9.84. The Labute approximate surface area is 790 Å². The first-order valence-electron chi connectivity index (χ1n) is 43.2. The SMILES string of the molecule is Cc1c(-c2cnc(N)c(-c3ccc(C(=O)N[C@H](CO)c4cccc(CF)c4)c(F)c3)c2)cnn1C(F)F.Cc1nn(C)cc1-c1cnc(N)c(-c2ccc(C(=O)N[C@H](CO)c3cc(F)cc(CF)c3)c(F)c2)c1.Cn1cc(-c2cnc(N)c(-c3ccc(C(=O)N[C@H](CO)C4CCCCC4)c(F)c3)c2)cn1.Cn1cncc1-c1cnc(N)c(-c2ccc(C(=O)N[C@H](CO)c3cccc(Cl)c3)c(F)c2)c1. The number of rotatable bonds is 27. The summed E-state index contributed by atoms with van der Waals surface area (Å²) in [6, 6.07) is 36.9. The smallest absolute Gasteiger partial charge is 0.333 e. The Morgan fingerprint density at radius 3 is 1.30 bits per heavy atom. The first kappa shape index (κ1) is 100. The number of aryl methyl sites for hydroxylation is 4. The predicted molar refractivity (Wildman–Crippen MR) is 505 cm³/mol. The molecule has 7 aromatic carbocycles. The van der Waals surface area contributed by atoms with E-state index in [4.69, 9.17) is 34.5 Å². The molecule has 0 unspecified atom stereocenters. The van der Waals surface area contributed by atoms with Gasteiger partial charge in [0.1, 0.15) is 65.7 Å². The maximum Gasteiger partial charge on any atom is 0.333 e. The summed E-state index contributed by atoms with van der Waals surface area (Å²) in [5.41, 5.74) is 35.5. The molecule has 714 valence electrons. The Bertz CT molecular complexity index is 6930. The summed E-state index contributed by atoms with van der Waals surface area (Å²) < 4.78 is 132. The van der Waals surface area contributed by atoms with E-state index in [1.165, 1.54) is 92.5 Å². The predicted octanol–water partition coefficient (Wildman–Crippen LogP) is 16.7. The molecule has 0 spiro atoms. The van der Waals surface area contributed by atoms with Crippen molar-refractivity contribution in [3.63, 3.8) is 0 Å². The van der Waals surface area contributed by atoms with Crippen molar-refractivity contribution >= 4 is 58.5 Å². The molecule has 138 heavy (non-hydrogen) atoms. The second-order valence-electron chi connectivity index (χ2n) is 32.6. The largest absolute Gasteiger partial charge is 0.394 e. The first-order chi connectivity index (χ1) is 66.2. The third-order valence-electron chi connectivity index (χ3n) is 23.3. The Kier molecular flexibility index (Phi) is 32.8. The number of benzene rings is 7. The molecule has 4 amide bonds. The van der Waals surface area contributed by atoms with Crippen molar-refractivity contribution in [2.24, 2.45) is 27.1 Å². The molecule has 0 aliphatic heterocycles. The quantitative estimate of drug-likeness (QED) is 0.0213. The van der Waals surface area contributed by atoms with Crippen molar-refractivity contribution in [3.05, 3.63) is 321 Å². The number of halogens is 10. The molecular formula is C100H96ClF9N20O8. The van der Waals surface area contributed by atoms with Gasteiger partial charge in [-0.1, -0.05) is 97.6 Å². The standard InChI is InChI=1S/C26H23F4N5O2.C26H24F3N5O2.C24H21ClFN5O2.C24H28FN5O2/c1-14-21(12-33-35(14)26(29)30)18-8-20(24(31)32-11-18)16-5-6-19(22(28)9-16)25(37)34-23(13-36)17-4-2-3-15(7-17)10-27;1-14-22(12-34(2)33-14)18-8-21(25(30)31-11-18)16-3-4-20(23(29)9-16)26(36)32-24(13-35)17-5-15(10-27)6-19(28)7-17;1-31-13-28-11-22(31)16-8-19(23(27)29-10-16)14-5-6-18(20(26)9-14)24(33)30-21(12-32)15-3-2-4-17(25)7-15;1-30-13-18(12-28-30)17-9-20(23(26)27-11-17)16-7-8-19(21(25)10-16)24(32)29-22(14-31)15-5-3-2-4-6-15/h2-9,11-12,23,26,36H,10,13H2,1H3,(H2,31,32)(H,34,37);3-9,11-12,24,35H,10,13H2,1-2H3,(H2,30,31)(H,32,36);2-11,13,21,32H,12H2,1H3,(H2,27,29)(H,30,33);7-13,15,22,31H,2-6,14H2,1H3,(H2,26,27)(H,29,32)/t23-;24-;21-;22-/m1111/s1. The molecule has 0 saturated heterocycles. The lowest BCUT2D eigenvalue weighted by Crippen LogP contribution is -2.43. The highest BCUT2D eigenvalue weighted by atomic mass is 35.5. The van der Waals surface area contributed by atoms with Gasteiger partial charge in [-0.05, 0) is 180 Å². The molecule has 8 heterocycles. The number of anilines is 4. The number of nitrogens with two attached hydrogens (primary N) is 4. The van der Waals surface area contributed by atoms with Gasteiger partial charge in [-0.25, -0.2) is 60.3 Å². The highest BCUT2D eigenvalue weighted by Crippen LogP contribution is 2.39. The minimum Gasteiger partial charge on any atom is -0.394 e. The zero-order valence-electron chi connectivity index (χ0n) is 75.0. The summed E-state index contributed by atoms with van der Waals surface area (Å²) in [7, 11) is 5.48. The first-order valence-corrected chi connectivity index (χ1v) is 43.6. The summed E-state index contributed by atoms with van der Waals surface area (Å²) in [4.78, 5) is 71.9. The number of nitrogens with one attached hydrogen (secondary N) is 4. The number of carbonyl (C=O) groups excluding carboxylic acids is 4. The van der Waals surface area contributed by atoms with Gasteiger partial charge in [0.2, 0.25) is 0 Å². The maximum atomic E-state index is 15.0. The van der Waals surface area contributed by atoms with E-state index in [2.05, 4.69) is 61.5 Å². The molecule has 0 radical (unpaired) electrons. The van der Waals surface area contributed by atoms with E-state index in [0.717, 1.165) is 83.1 Å². The molecule has 8 aromatic heterocycles. The zero-order valence-corrected chi connectivity index (χ0v) is 75.7. The van der Waals surface area contributed by atoms with Crippen molar-refractivity contribution in [2.75, 3.05) is 49.4 Å². The van der Waals surface area contributed by atoms with Crippen LogP contribution < -0.4 is 44.2 Å². The fraction of sp³-hybridized carbons (Fsp3) is 0.220. The number of hydrogen-bond acceptors (Lipinski definition) is 20. The number of aliphatic hydroxyl groups is 4. The molecule has 1 aliphatic rings. The Morgan fingerprint density at radius 1 is 0.435 bits per heavy atom. The van der Waals surface area contributed by atoms with Gasteiger partial charge in [-0.2, -0.15) is 24.1 Å². The highest BCUT2D eigenvalue weighted by Gasteiger charge is 2.30. The number of amides is 4. The van der Waals surface area contributed by atoms with E-state index in [1.54, 1.807) is 127 Å². The van der Waals surface area contributed by atoms with E-state index in [0.29, 0.717) is 82.0 Å². The van der Waals surface area contributed by atoms with Crippen LogP contribution in [0.5, 0.6) is 0 Å². The van der Waals surface area contributed by atoms with E-state index in [-0.39, 0.29) is 87.5 Å². The van der Waals surface area contributed by atoms with Gasteiger partial charge in [0.25, 0.3) is 23.6 Å². The summed E-state index contributed by atoms with van der Waals surface area (Å²) in [6.07, 6.45) is 21.6. The van der Waals surface area contributed by atoms with Gasteiger partial charge < -0.3 is 69.2 Å². The van der Waals surface area contributed by atoms with Crippen molar-refractivity contribution in [2.45, 2.75) is 90.0 Å². The number of aliphatic hydroxyl groups excluding tert-OH is 4. The van der Waals surface area contributed by atoms with Crippen LogP contribution in [0.1, 0.15) is 137 Å². The summed E-state index contributed by atoms with van der Waals surface area (Å²) in [6.45, 7) is -2.66. The van der Waals surface area contributed by atoms with E-state index in [9.17, 15) is 70.3 Å². The molecular weight excluding hydrogens is 1820 g/mol. The molecule has 1 fully saturated rings. The lowest BCUT2D eigenvalue weighted by molar-refractivity contribution is 0.0544. The number of aromatic nitrogens is 12. The molecule has 15 aromatic rings. The second kappa shape index (κ2) is 45.3. The molecule has 16 rings (SSSR count). The molecule has 1 aliphatic carbocycles. The van der Waals surface area contributed by atoms with E-state index in [1.807, 2.05) is 44.0 Å². The molecule has 1 saturated carbocycles. The average molecular weight is 1910 g/mol. The monoisotopic (exact) mass is 1910 g/mol. The van der Waals surface area contributed by atoms with Crippen LogP contribution in [0.3, 0.4) is 0 Å². The molecule has 38 heteroatoms. The van der Waals surface area contributed by atoms with Crippen LogP contribution in [0.25, 0.3) is 89.1 Å². The van der Waals surface area contributed by atoms with Gasteiger partial charge in [-0.15, -0.1) is 0 Å². The molecule has 28 nitrogen and oxygen atoms in total. The third-order valence-corrected chi connectivity index (χ3v) is 23.5. The summed E-state index contributed by atoms with van der Waals surface area (Å²) in [5.74, 6) is -5.54. The lowest BCUT2D eigenvalue weighted by Gasteiger charge is -2.29. The molecule has 0 bridgehead atoms. The minimum absolute atomic E-state index is 0.0574. The topological polar surface area (TPSA) is 424 Å². The maximum absolute atomic E-state index is 15.0. The van der Waals surface area contributed by atoms with E-state index >= 15 is 8.78 Å². The van der Waals surface area contributed by atoms with Crippen molar-refractivity contribution in [3.8, 4) is 89.1 Å². The van der Waals surface area contributed by atoms with Crippen LogP contribution in [-0.4, -0.2) is 135 Å². The molecule has 4 atom stereocenters. The normalized spacial score (nSPS) is 12.8. The second-order valence-corrected chi connectivity index (χ2v) is 33.0. The minimum atomic E-state index is -2.80. The summed E-state index contributed by atoms with van der Waals surface area (Å²) >= 11 is 5.99. The molecule has 16 N–H and O–H groups in total. The van der Waals surface area contributed by atoms with Crippen molar-refractivity contribution in [1.29, 1.82) is 0 Å². The summed E-state index contributed by atoms with van der Waals surface area (Å²) in [5, 5.41) is 62.0. The van der Waals surface area contributed by atoms with Crippen LogP contribution >= 0.6 is 11.6 Å². The number of imidazole rings is 1. The fourth-order valence-corrected chi connectivity index (χ4v) is 16.2. The van der Waals surface area contributed by atoms with E-state index < -0.39 is 104 Å². The number of carbonyl (C=O) groups is 4. The zero-order chi connectivity index (χ0) is 98.9. The Balaban J connectivity index is 0.000000156. The van der Waals surface area contributed by atoms with Gasteiger partial charge in [0, 0.05) is 130 Å².